The molecular weight excluding hydrogens is 521 g/mol. The van der Waals surface area contributed by atoms with Crippen molar-refractivity contribution in [1.29, 1.82) is 0 Å². The van der Waals surface area contributed by atoms with Crippen molar-refractivity contribution in [3.63, 3.8) is 0 Å². The van der Waals surface area contributed by atoms with Crippen LogP contribution in [0, 0.1) is 17.7 Å². The first-order valence-electron chi connectivity index (χ1n) is 13.5. The fraction of sp³-hybridized carbons (Fsp3) is 0.607. The lowest BCUT2D eigenvalue weighted by atomic mass is 9.83. The van der Waals surface area contributed by atoms with E-state index in [1.807, 2.05) is 46.7 Å². The molecule has 11 heteroatoms. The van der Waals surface area contributed by atoms with E-state index in [-0.39, 0.29) is 28.5 Å². The van der Waals surface area contributed by atoms with Crippen LogP contribution in [-0.2, 0) is 11.3 Å². The molecule has 0 unspecified atom stereocenters. The number of carbonyl (C=O) groups excluding carboxylic acids is 3. The summed E-state index contributed by atoms with van der Waals surface area (Å²) in [4.78, 5) is 41.6. The number of ketones is 1. The molecule has 0 saturated heterocycles. The molecule has 1 aliphatic carbocycles. The number of rotatable bonds is 12. The lowest BCUT2D eigenvalue weighted by Gasteiger charge is -2.32. The van der Waals surface area contributed by atoms with Gasteiger partial charge in [-0.1, -0.05) is 58.4 Å². The van der Waals surface area contributed by atoms with Gasteiger partial charge >= 0.3 is 0 Å². The van der Waals surface area contributed by atoms with Gasteiger partial charge < -0.3 is 20.0 Å². The number of thioether (sulfide) groups is 1. The number of halogens is 1. The Hall–Kier alpha value is -2.79. The molecule has 2 aromatic rings. The van der Waals surface area contributed by atoms with Crippen LogP contribution >= 0.6 is 11.8 Å². The second-order valence-electron chi connectivity index (χ2n) is 11.1. The van der Waals surface area contributed by atoms with Crippen LogP contribution in [0.5, 0.6) is 0 Å². The molecule has 1 aliphatic rings. The second-order valence-corrected chi connectivity index (χ2v) is 12.6. The maximum Gasteiger partial charge on any atom is 0.286 e. The maximum atomic E-state index is 14.8. The van der Waals surface area contributed by atoms with E-state index >= 15 is 0 Å². The Labute approximate surface area is 234 Å². The fourth-order valence-corrected chi connectivity index (χ4v) is 5.38. The lowest BCUT2D eigenvalue weighted by molar-refractivity contribution is -0.127. The Morgan fingerprint density at radius 1 is 1.13 bits per heavy atom. The van der Waals surface area contributed by atoms with Crippen molar-refractivity contribution in [3.8, 4) is 0 Å². The molecule has 1 fully saturated rings. The normalized spacial score (nSPS) is 18.4. The first-order chi connectivity index (χ1) is 18.4. The average molecular weight is 562 g/mol. The van der Waals surface area contributed by atoms with Crippen LogP contribution in [0.25, 0.3) is 0 Å². The summed E-state index contributed by atoms with van der Waals surface area (Å²) in [7, 11) is 3.77. The Kier molecular flexibility index (Phi) is 11.1. The van der Waals surface area contributed by atoms with Crippen LogP contribution in [0.1, 0.15) is 86.4 Å². The zero-order chi connectivity index (χ0) is 28.7. The van der Waals surface area contributed by atoms with Gasteiger partial charge in [-0.25, -0.2) is 4.39 Å². The lowest BCUT2D eigenvalue weighted by Crippen LogP contribution is -2.52. The summed E-state index contributed by atoms with van der Waals surface area (Å²) in [6.45, 7) is 8.43. The first-order valence-corrected chi connectivity index (χ1v) is 14.4. The van der Waals surface area contributed by atoms with Crippen molar-refractivity contribution in [3.05, 3.63) is 41.0 Å². The number of carbonyl (C=O) groups is 3. The van der Waals surface area contributed by atoms with Crippen molar-refractivity contribution in [2.45, 2.75) is 88.9 Å². The third kappa shape index (κ3) is 8.86. The highest BCUT2D eigenvalue weighted by Gasteiger charge is 2.36. The first kappa shape index (κ1) is 30.7. The molecule has 2 N–H and O–H groups in total. The van der Waals surface area contributed by atoms with E-state index in [4.69, 9.17) is 4.42 Å². The third-order valence-corrected chi connectivity index (χ3v) is 7.33. The molecule has 214 valence electrons. The van der Waals surface area contributed by atoms with E-state index in [0.717, 1.165) is 18.4 Å². The summed E-state index contributed by atoms with van der Waals surface area (Å²) in [5, 5.41) is 14.1. The van der Waals surface area contributed by atoms with Gasteiger partial charge in [0.05, 0.1) is 17.5 Å². The molecule has 0 bridgehead atoms. The van der Waals surface area contributed by atoms with Crippen LogP contribution in [0.15, 0.2) is 27.8 Å². The highest BCUT2D eigenvalue weighted by molar-refractivity contribution is 7.99. The van der Waals surface area contributed by atoms with Crippen molar-refractivity contribution in [2.24, 2.45) is 11.8 Å². The van der Waals surface area contributed by atoms with Crippen molar-refractivity contribution in [1.82, 2.24) is 25.7 Å². The van der Waals surface area contributed by atoms with Crippen LogP contribution in [0.3, 0.4) is 0 Å². The molecule has 0 aliphatic heterocycles. The van der Waals surface area contributed by atoms with E-state index in [2.05, 4.69) is 20.8 Å². The SMILES string of the molecule is CC(C)C[C@H](NC(=O)[C@@H]1CCCC[C@@H]1NC(=O)c1ccc(CN(C)C)cc1F)C(=O)c1nnc(SC(C)C)o1. The summed E-state index contributed by atoms with van der Waals surface area (Å²) >= 11 is 1.36. The average Bonchev–Trinajstić information content (AvgIpc) is 3.30. The smallest absolute Gasteiger partial charge is 0.286 e. The molecule has 2 amide bonds. The zero-order valence-electron chi connectivity index (χ0n) is 23.6. The minimum Gasteiger partial charge on any atom is -0.408 e. The number of amides is 2. The number of aromatic nitrogens is 2. The third-order valence-electron chi connectivity index (χ3n) is 6.49. The number of hydrogen-bond acceptors (Lipinski definition) is 8. The van der Waals surface area contributed by atoms with Gasteiger partial charge in [-0.05, 0) is 57.0 Å². The summed E-state index contributed by atoms with van der Waals surface area (Å²) < 4.78 is 20.3. The zero-order valence-corrected chi connectivity index (χ0v) is 24.4. The highest BCUT2D eigenvalue weighted by atomic mass is 32.2. The molecular formula is C28H40FN5O4S. The van der Waals surface area contributed by atoms with Gasteiger partial charge in [0.2, 0.25) is 11.7 Å². The van der Waals surface area contributed by atoms with E-state index < -0.39 is 35.5 Å². The van der Waals surface area contributed by atoms with Gasteiger partial charge in [0.1, 0.15) is 5.82 Å². The van der Waals surface area contributed by atoms with Gasteiger partial charge in [-0.2, -0.15) is 0 Å². The summed E-state index contributed by atoms with van der Waals surface area (Å²) in [5.41, 5.74) is 0.711. The van der Waals surface area contributed by atoms with Gasteiger partial charge in [0, 0.05) is 17.8 Å². The Balaban J connectivity index is 1.71. The molecule has 3 rings (SSSR count). The second kappa shape index (κ2) is 14.0. The van der Waals surface area contributed by atoms with Gasteiger partial charge in [-0.15, -0.1) is 10.2 Å². The van der Waals surface area contributed by atoms with Crippen molar-refractivity contribution in [2.75, 3.05) is 14.1 Å². The highest BCUT2D eigenvalue weighted by Crippen LogP contribution is 2.27. The van der Waals surface area contributed by atoms with E-state index in [9.17, 15) is 18.8 Å². The summed E-state index contributed by atoms with van der Waals surface area (Å²) in [6, 6.07) is 3.27. The predicted octanol–water partition coefficient (Wildman–Crippen LogP) is 4.47. The van der Waals surface area contributed by atoms with Crippen LogP contribution < -0.4 is 10.6 Å². The van der Waals surface area contributed by atoms with Crippen LogP contribution in [-0.4, -0.2) is 64.1 Å². The van der Waals surface area contributed by atoms with E-state index in [1.165, 1.54) is 23.9 Å². The van der Waals surface area contributed by atoms with Crippen molar-refractivity contribution < 1.29 is 23.2 Å². The molecule has 1 saturated carbocycles. The Morgan fingerprint density at radius 3 is 2.49 bits per heavy atom. The molecule has 9 nitrogen and oxygen atoms in total. The standard InChI is InChI=1S/C28H40FN5O4S/c1-16(2)13-23(24(35)27-32-33-28(38-27)39-17(3)4)31-26(37)20-9-7-8-10-22(20)30-25(36)19-12-11-18(14-21(19)29)15-34(5)6/h11-12,14,16-17,20,22-23H,7-10,13,15H2,1-6H3,(H,30,36)(H,31,37)/t20-,22+,23+/m1/s1. The minimum absolute atomic E-state index is 0.0541. The topological polar surface area (TPSA) is 117 Å². The molecule has 39 heavy (non-hydrogen) atoms. The number of nitrogens with zero attached hydrogens (tertiary/aromatic N) is 3. The minimum atomic E-state index is -0.838. The molecule has 0 spiro atoms. The summed E-state index contributed by atoms with van der Waals surface area (Å²) in [6.07, 6.45) is 3.20. The monoisotopic (exact) mass is 561 g/mol. The van der Waals surface area contributed by atoms with Gasteiger partial charge in [-0.3, -0.25) is 14.4 Å². The molecule has 1 aromatic carbocycles. The number of Topliss-reactive ketones (excluding diaryl/α,β-unsaturated/α-hetero) is 1. The van der Waals surface area contributed by atoms with Crippen molar-refractivity contribution >= 4 is 29.4 Å². The van der Waals surface area contributed by atoms with Crippen LogP contribution in [0.2, 0.25) is 0 Å². The fourth-order valence-electron chi connectivity index (χ4n) is 4.76. The number of hydrogen-bond donors (Lipinski definition) is 2. The molecule has 3 atom stereocenters. The van der Waals surface area contributed by atoms with Gasteiger partial charge in [0.15, 0.2) is 0 Å². The number of benzene rings is 1. The molecule has 1 heterocycles. The largest absolute Gasteiger partial charge is 0.408 e. The predicted molar refractivity (Wildman–Crippen MR) is 148 cm³/mol. The number of nitrogens with one attached hydrogen (secondary N) is 2. The van der Waals surface area contributed by atoms with E-state index in [1.54, 1.807) is 6.07 Å². The maximum absolute atomic E-state index is 14.8. The Bertz CT molecular complexity index is 1150. The van der Waals surface area contributed by atoms with E-state index in [0.29, 0.717) is 31.0 Å². The van der Waals surface area contributed by atoms with Gasteiger partial charge in [0.25, 0.3) is 17.0 Å². The summed E-state index contributed by atoms with van der Waals surface area (Å²) in [5.74, 6) is -2.47. The quantitative estimate of drug-likeness (QED) is 0.288. The Morgan fingerprint density at radius 2 is 1.85 bits per heavy atom. The molecule has 0 radical (unpaired) electrons. The van der Waals surface area contributed by atoms with Crippen LogP contribution in [0.4, 0.5) is 4.39 Å². The molecule has 1 aromatic heterocycles.